The highest BCUT2D eigenvalue weighted by Gasteiger charge is 2.37. The van der Waals surface area contributed by atoms with Crippen molar-refractivity contribution in [2.75, 3.05) is 0 Å². The van der Waals surface area contributed by atoms with E-state index in [1.807, 2.05) is 5.10 Å². The molecule has 0 unspecified atom stereocenters. The molecule has 110 valence electrons. The van der Waals surface area contributed by atoms with Gasteiger partial charge < -0.3 is 0 Å². The fourth-order valence-electron chi connectivity index (χ4n) is 1.43. The topological polar surface area (TPSA) is 89.1 Å². The summed E-state index contributed by atoms with van der Waals surface area (Å²) in [6.45, 7) is 0. The summed E-state index contributed by atoms with van der Waals surface area (Å²) in [5, 5.41) is 19.2. The third-order valence-corrected chi connectivity index (χ3v) is 2.57. The molecule has 2 aromatic rings. The fourth-order valence-corrected chi connectivity index (χ4v) is 1.60. The maximum atomic E-state index is 12.6. The van der Waals surface area contributed by atoms with Gasteiger partial charge in [0, 0.05) is 17.7 Å². The number of H-pyrrole nitrogens is 1. The minimum Gasteiger partial charge on any atom is -0.258 e. The fraction of sp³-hybridized carbons (Fsp3) is 0.100. The lowest BCUT2D eigenvalue weighted by molar-refractivity contribution is -0.384. The van der Waals surface area contributed by atoms with Gasteiger partial charge >= 0.3 is 6.18 Å². The number of benzene rings is 1. The number of nitrogens with zero attached hydrogens (tertiary/aromatic N) is 4. The van der Waals surface area contributed by atoms with Gasteiger partial charge in [0.1, 0.15) is 0 Å². The van der Waals surface area contributed by atoms with E-state index in [-0.39, 0.29) is 16.0 Å². The molecular weight excluding hydrogens is 311 g/mol. The van der Waals surface area contributed by atoms with Crippen LogP contribution in [0.25, 0.3) is 0 Å². The number of nitro groups is 1. The number of aromatic nitrogens is 3. The van der Waals surface area contributed by atoms with E-state index in [0.29, 0.717) is 4.68 Å². The molecular formula is C10H6F3N5O2S. The van der Waals surface area contributed by atoms with Crippen LogP contribution < -0.4 is 0 Å². The lowest BCUT2D eigenvalue weighted by Gasteiger charge is -2.03. The van der Waals surface area contributed by atoms with Crippen molar-refractivity contribution in [3.05, 3.63) is 50.5 Å². The Morgan fingerprint density at radius 2 is 2.19 bits per heavy atom. The Hall–Kier alpha value is -2.56. The quantitative estimate of drug-likeness (QED) is 0.408. The zero-order valence-corrected chi connectivity index (χ0v) is 10.9. The molecule has 11 heteroatoms. The molecule has 2 rings (SSSR count). The molecule has 0 radical (unpaired) electrons. The number of non-ortho nitro benzene ring substituents is 1. The van der Waals surface area contributed by atoms with Gasteiger partial charge in [-0.25, -0.2) is 5.10 Å². The molecule has 0 saturated heterocycles. The molecule has 0 amide bonds. The number of nitro benzene ring substituents is 1. The molecule has 1 aromatic heterocycles. The molecule has 0 atom stereocenters. The van der Waals surface area contributed by atoms with E-state index in [0.717, 1.165) is 6.21 Å². The standard InChI is InChI=1S/C10H6F3N5O2S/c11-10(12,13)8-15-16-9(21)17(8)14-5-6-2-1-3-7(4-6)18(19)20/h1-5H,(H,16,21). The molecule has 0 saturated carbocycles. The smallest absolute Gasteiger partial charge is 0.258 e. The Balaban J connectivity index is 2.39. The summed E-state index contributed by atoms with van der Waals surface area (Å²) < 4.78 is 38.0. The first-order valence-electron chi connectivity index (χ1n) is 5.32. The molecule has 21 heavy (non-hydrogen) atoms. The van der Waals surface area contributed by atoms with E-state index < -0.39 is 16.9 Å². The van der Waals surface area contributed by atoms with Gasteiger partial charge in [0.05, 0.1) is 11.1 Å². The van der Waals surface area contributed by atoms with Crippen LogP contribution in [0.2, 0.25) is 0 Å². The summed E-state index contributed by atoms with van der Waals surface area (Å²) >= 11 is 4.65. The van der Waals surface area contributed by atoms with Crippen molar-refractivity contribution in [3.63, 3.8) is 0 Å². The summed E-state index contributed by atoms with van der Waals surface area (Å²) in [6.07, 6.45) is -3.71. The number of aromatic amines is 1. The second-order valence-electron chi connectivity index (χ2n) is 3.76. The van der Waals surface area contributed by atoms with Gasteiger partial charge in [-0.05, 0) is 12.2 Å². The Bertz CT molecular complexity index is 765. The van der Waals surface area contributed by atoms with Crippen molar-refractivity contribution in [3.8, 4) is 0 Å². The van der Waals surface area contributed by atoms with E-state index in [1.165, 1.54) is 24.3 Å². The number of alkyl halides is 3. The van der Waals surface area contributed by atoms with Gasteiger partial charge in [-0.15, -0.1) is 5.10 Å². The third kappa shape index (κ3) is 3.31. The molecule has 0 spiro atoms. The minimum atomic E-state index is -4.73. The van der Waals surface area contributed by atoms with Crippen LogP contribution in [0.4, 0.5) is 18.9 Å². The van der Waals surface area contributed by atoms with Gasteiger partial charge in [0.15, 0.2) is 0 Å². The normalized spacial score (nSPS) is 12.0. The van der Waals surface area contributed by atoms with E-state index >= 15 is 0 Å². The number of hydrogen-bond donors (Lipinski definition) is 1. The zero-order valence-electron chi connectivity index (χ0n) is 10.0. The Morgan fingerprint density at radius 1 is 1.48 bits per heavy atom. The number of rotatable bonds is 3. The molecule has 1 N–H and O–H groups in total. The summed E-state index contributed by atoms with van der Waals surface area (Å²) in [6, 6.07) is 5.26. The molecule has 1 aromatic carbocycles. The van der Waals surface area contributed by atoms with E-state index in [1.54, 1.807) is 0 Å². The zero-order chi connectivity index (χ0) is 15.6. The maximum absolute atomic E-state index is 12.6. The highest BCUT2D eigenvalue weighted by Crippen LogP contribution is 2.27. The van der Waals surface area contributed by atoms with Crippen LogP contribution >= 0.6 is 12.2 Å². The monoisotopic (exact) mass is 317 g/mol. The second-order valence-corrected chi connectivity index (χ2v) is 4.15. The van der Waals surface area contributed by atoms with Gasteiger partial charge in [-0.3, -0.25) is 10.1 Å². The summed E-state index contributed by atoms with van der Waals surface area (Å²) in [4.78, 5) is 9.98. The molecule has 0 bridgehead atoms. The van der Waals surface area contributed by atoms with Crippen LogP contribution in [-0.4, -0.2) is 26.0 Å². The first-order valence-corrected chi connectivity index (χ1v) is 5.73. The number of halogens is 3. The minimum absolute atomic E-state index is 0.203. The predicted molar refractivity (Wildman–Crippen MR) is 68.5 cm³/mol. The van der Waals surface area contributed by atoms with Gasteiger partial charge in [0.2, 0.25) is 4.77 Å². The Kier molecular flexibility index (Phi) is 3.84. The predicted octanol–water partition coefficient (Wildman–Crippen LogP) is 2.75. The highest BCUT2D eigenvalue weighted by atomic mass is 32.1. The molecule has 1 heterocycles. The van der Waals surface area contributed by atoms with Gasteiger partial charge in [-0.2, -0.15) is 22.9 Å². The van der Waals surface area contributed by atoms with Crippen LogP contribution in [-0.2, 0) is 6.18 Å². The van der Waals surface area contributed by atoms with Crippen molar-refractivity contribution >= 4 is 24.1 Å². The lowest BCUT2D eigenvalue weighted by Crippen LogP contribution is -2.12. The SMILES string of the molecule is O=[N+]([O-])c1cccc(C=Nn2c(C(F)(F)F)n[nH]c2=S)c1. The van der Waals surface area contributed by atoms with Crippen molar-refractivity contribution in [1.82, 2.24) is 14.9 Å². The number of hydrogen-bond acceptors (Lipinski definition) is 5. The van der Waals surface area contributed by atoms with Crippen molar-refractivity contribution in [1.29, 1.82) is 0 Å². The van der Waals surface area contributed by atoms with Gasteiger partial charge in [0.25, 0.3) is 11.5 Å². The lowest BCUT2D eigenvalue weighted by atomic mass is 10.2. The van der Waals surface area contributed by atoms with Crippen molar-refractivity contribution in [2.45, 2.75) is 6.18 Å². The average Bonchev–Trinajstić information content (AvgIpc) is 2.78. The van der Waals surface area contributed by atoms with Crippen LogP contribution in [0.1, 0.15) is 11.4 Å². The summed E-state index contributed by atoms with van der Waals surface area (Å²) in [7, 11) is 0. The third-order valence-electron chi connectivity index (χ3n) is 2.31. The van der Waals surface area contributed by atoms with Crippen LogP contribution in [0, 0.1) is 14.9 Å². The number of nitrogens with one attached hydrogen (secondary N) is 1. The molecule has 7 nitrogen and oxygen atoms in total. The molecule has 0 aliphatic heterocycles. The average molecular weight is 317 g/mol. The molecule has 0 fully saturated rings. The largest absolute Gasteiger partial charge is 0.453 e. The summed E-state index contributed by atoms with van der Waals surface area (Å²) in [5.74, 6) is -1.31. The Labute approximate surface area is 119 Å². The summed E-state index contributed by atoms with van der Waals surface area (Å²) in [5.41, 5.74) is 0.0474. The molecule has 0 aliphatic rings. The highest BCUT2D eigenvalue weighted by molar-refractivity contribution is 7.71. The molecule has 0 aliphatic carbocycles. The Morgan fingerprint density at radius 3 is 2.81 bits per heavy atom. The van der Waals surface area contributed by atoms with Crippen molar-refractivity contribution in [2.24, 2.45) is 5.10 Å². The van der Waals surface area contributed by atoms with Crippen LogP contribution in [0.3, 0.4) is 0 Å². The maximum Gasteiger partial charge on any atom is 0.453 e. The first-order chi connectivity index (χ1) is 9.79. The van der Waals surface area contributed by atoms with E-state index in [2.05, 4.69) is 22.4 Å². The van der Waals surface area contributed by atoms with Gasteiger partial charge in [-0.1, -0.05) is 12.1 Å². The van der Waals surface area contributed by atoms with Crippen LogP contribution in [0.5, 0.6) is 0 Å². The van der Waals surface area contributed by atoms with Crippen molar-refractivity contribution < 1.29 is 18.1 Å². The first kappa shape index (κ1) is 14.8. The second kappa shape index (κ2) is 5.44. The van der Waals surface area contributed by atoms with E-state index in [4.69, 9.17) is 0 Å². The van der Waals surface area contributed by atoms with E-state index in [9.17, 15) is 23.3 Å². The van der Waals surface area contributed by atoms with Crippen LogP contribution in [0.15, 0.2) is 29.4 Å².